The highest BCUT2D eigenvalue weighted by Gasteiger charge is 2.17. The molecule has 0 spiro atoms. The molecule has 0 saturated heterocycles. The maximum Gasteiger partial charge on any atom is 0.303 e. The van der Waals surface area contributed by atoms with Gasteiger partial charge in [0, 0.05) is 16.6 Å². The largest absolute Gasteiger partial charge is 0.481 e. The molecule has 0 saturated carbocycles. The molecule has 7 heteroatoms. The molecular weight excluding hydrogens is 430 g/mol. The molecule has 1 unspecified atom stereocenters. The molecule has 0 amide bonds. The molecule has 0 aliphatic heterocycles. The summed E-state index contributed by atoms with van der Waals surface area (Å²) in [5, 5.41) is 8.63. The second-order valence-electron chi connectivity index (χ2n) is 6.76. The smallest absolute Gasteiger partial charge is 0.303 e. The average Bonchev–Trinajstić information content (AvgIpc) is 2.60. The van der Waals surface area contributed by atoms with Gasteiger partial charge in [0.1, 0.15) is 0 Å². The van der Waals surface area contributed by atoms with Gasteiger partial charge >= 0.3 is 5.97 Å². The molecule has 27 heavy (non-hydrogen) atoms. The zero-order valence-corrected chi connectivity index (χ0v) is 17.6. The summed E-state index contributed by atoms with van der Waals surface area (Å²) in [7, 11) is -3.38. The fourth-order valence-electron chi connectivity index (χ4n) is 3.03. The van der Waals surface area contributed by atoms with Gasteiger partial charge in [-0.15, -0.1) is 0 Å². The summed E-state index contributed by atoms with van der Waals surface area (Å²) in [6, 6.07) is 7.67. The molecule has 5 nitrogen and oxygen atoms in total. The lowest BCUT2D eigenvalue weighted by Gasteiger charge is -2.20. The van der Waals surface area contributed by atoms with Crippen LogP contribution < -0.4 is 4.72 Å². The van der Waals surface area contributed by atoms with E-state index in [1.54, 1.807) is 0 Å². The van der Waals surface area contributed by atoms with E-state index in [9.17, 15) is 13.2 Å². The van der Waals surface area contributed by atoms with E-state index in [0.29, 0.717) is 12.8 Å². The summed E-state index contributed by atoms with van der Waals surface area (Å²) in [4.78, 5) is 10.5. The summed E-state index contributed by atoms with van der Waals surface area (Å²) >= 11 is 3.40. The van der Waals surface area contributed by atoms with Crippen LogP contribution in [-0.2, 0) is 21.2 Å². The Morgan fingerprint density at radius 3 is 2.93 bits per heavy atom. The number of aryl methyl sites for hydroxylation is 1. The number of hydrogen-bond acceptors (Lipinski definition) is 3. The molecule has 148 valence electrons. The van der Waals surface area contributed by atoms with Gasteiger partial charge in [-0.25, -0.2) is 8.42 Å². The second kappa shape index (κ2) is 10.7. The predicted molar refractivity (Wildman–Crippen MR) is 111 cm³/mol. The number of halogens is 1. The van der Waals surface area contributed by atoms with Gasteiger partial charge in [0.15, 0.2) is 0 Å². The number of carboxylic acid groups (broad SMARTS) is 1. The molecule has 0 heterocycles. The number of rotatable bonds is 10. The van der Waals surface area contributed by atoms with Crippen molar-refractivity contribution in [3.8, 4) is 0 Å². The molecule has 2 N–H and O–H groups in total. The molecule has 0 bridgehead atoms. The average molecular weight is 456 g/mol. The fourth-order valence-corrected chi connectivity index (χ4v) is 4.65. The van der Waals surface area contributed by atoms with Crippen LogP contribution in [0.3, 0.4) is 0 Å². The third-order valence-corrected chi connectivity index (χ3v) is 6.19. The Morgan fingerprint density at radius 2 is 2.19 bits per heavy atom. The molecule has 0 radical (unpaired) electrons. The van der Waals surface area contributed by atoms with Crippen LogP contribution >= 0.6 is 15.9 Å². The SMILES string of the molecule is O=C(O)CCCC=CC1C=C(NS(=O)(=O)CCc2cccc(Br)c2)CCC1. The fraction of sp³-hybridized carbons (Fsp3) is 0.450. The zero-order chi connectivity index (χ0) is 19.7. The van der Waals surface area contributed by atoms with Crippen LogP contribution in [0, 0.1) is 5.92 Å². The minimum atomic E-state index is -3.38. The van der Waals surface area contributed by atoms with Crippen molar-refractivity contribution < 1.29 is 18.3 Å². The van der Waals surface area contributed by atoms with Gasteiger partial charge in [0.2, 0.25) is 10.0 Å². The molecular formula is C20H26BrNO4S. The van der Waals surface area contributed by atoms with Crippen molar-refractivity contribution >= 4 is 31.9 Å². The van der Waals surface area contributed by atoms with Crippen molar-refractivity contribution in [2.45, 2.75) is 44.9 Å². The number of unbranched alkanes of at least 4 members (excludes halogenated alkanes) is 1. The Kier molecular flexibility index (Phi) is 8.57. The highest BCUT2D eigenvalue weighted by atomic mass is 79.9. The van der Waals surface area contributed by atoms with Crippen molar-refractivity contribution in [1.29, 1.82) is 0 Å². The van der Waals surface area contributed by atoms with Gasteiger partial charge in [0.05, 0.1) is 5.75 Å². The third-order valence-electron chi connectivity index (χ3n) is 4.38. The normalized spacial score (nSPS) is 17.7. The first-order valence-corrected chi connectivity index (χ1v) is 11.6. The van der Waals surface area contributed by atoms with Gasteiger partial charge in [-0.2, -0.15) is 0 Å². The number of carboxylic acids is 1. The van der Waals surface area contributed by atoms with E-state index >= 15 is 0 Å². The Balaban J connectivity index is 1.85. The molecule has 2 rings (SSSR count). The van der Waals surface area contributed by atoms with Gasteiger partial charge in [-0.1, -0.05) is 46.3 Å². The monoisotopic (exact) mass is 455 g/mol. The number of aliphatic carboxylic acids is 1. The van der Waals surface area contributed by atoms with Crippen molar-refractivity contribution in [2.75, 3.05) is 5.75 Å². The molecule has 1 aromatic carbocycles. The lowest BCUT2D eigenvalue weighted by molar-refractivity contribution is -0.137. The zero-order valence-electron chi connectivity index (χ0n) is 15.2. The van der Waals surface area contributed by atoms with Crippen LogP contribution in [0.25, 0.3) is 0 Å². The minimum Gasteiger partial charge on any atom is -0.481 e. The first-order valence-electron chi connectivity index (χ1n) is 9.18. The van der Waals surface area contributed by atoms with Gasteiger partial charge in [0.25, 0.3) is 0 Å². The highest BCUT2D eigenvalue weighted by Crippen LogP contribution is 2.23. The molecule has 1 atom stereocenters. The van der Waals surface area contributed by atoms with Crippen molar-refractivity contribution in [1.82, 2.24) is 4.72 Å². The third kappa shape index (κ3) is 8.75. The minimum absolute atomic E-state index is 0.0521. The van der Waals surface area contributed by atoms with E-state index < -0.39 is 16.0 Å². The molecule has 0 aromatic heterocycles. The quantitative estimate of drug-likeness (QED) is 0.404. The lowest BCUT2D eigenvalue weighted by Crippen LogP contribution is -2.28. The summed E-state index contributed by atoms with van der Waals surface area (Å²) in [6.07, 6.45) is 10.7. The number of carbonyl (C=O) groups is 1. The van der Waals surface area contributed by atoms with Gasteiger partial charge in [-0.05, 0) is 62.1 Å². The maximum absolute atomic E-state index is 12.4. The summed E-state index contributed by atoms with van der Waals surface area (Å²) in [5.74, 6) is -0.525. The molecule has 1 aliphatic carbocycles. The van der Waals surface area contributed by atoms with Crippen molar-refractivity contribution in [3.05, 3.63) is 58.2 Å². The maximum atomic E-state index is 12.4. The number of nitrogens with one attached hydrogen (secondary N) is 1. The van der Waals surface area contributed by atoms with Crippen LogP contribution in [0.1, 0.15) is 44.1 Å². The first kappa shape index (κ1) is 21.7. The summed E-state index contributed by atoms with van der Waals surface area (Å²) in [5.41, 5.74) is 1.74. The predicted octanol–water partition coefficient (Wildman–Crippen LogP) is 4.41. The van der Waals surface area contributed by atoms with E-state index in [-0.39, 0.29) is 18.1 Å². The summed E-state index contributed by atoms with van der Waals surface area (Å²) < 4.78 is 28.5. The number of allylic oxidation sites excluding steroid dienone is 4. The molecule has 1 aromatic rings. The van der Waals surface area contributed by atoms with Crippen LogP contribution in [0.4, 0.5) is 0 Å². The molecule has 1 aliphatic rings. The Labute approximate surface area is 169 Å². The van der Waals surface area contributed by atoms with Crippen LogP contribution in [0.15, 0.2) is 52.7 Å². The van der Waals surface area contributed by atoms with Crippen LogP contribution in [0.5, 0.6) is 0 Å². The van der Waals surface area contributed by atoms with E-state index in [0.717, 1.165) is 41.4 Å². The highest BCUT2D eigenvalue weighted by molar-refractivity contribution is 9.10. The first-order chi connectivity index (χ1) is 12.8. The van der Waals surface area contributed by atoms with E-state index in [4.69, 9.17) is 5.11 Å². The van der Waals surface area contributed by atoms with Crippen LogP contribution in [0.2, 0.25) is 0 Å². The summed E-state index contributed by atoms with van der Waals surface area (Å²) in [6.45, 7) is 0. The van der Waals surface area contributed by atoms with Gasteiger partial charge in [-0.3, -0.25) is 9.52 Å². The van der Waals surface area contributed by atoms with E-state index in [2.05, 4.69) is 26.7 Å². The number of sulfonamides is 1. The van der Waals surface area contributed by atoms with Crippen molar-refractivity contribution in [3.63, 3.8) is 0 Å². The van der Waals surface area contributed by atoms with E-state index in [1.807, 2.05) is 36.4 Å². The topological polar surface area (TPSA) is 83.5 Å². The standard InChI is InChI=1S/C20H26BrNO4S/c21-18-9-4-7-17(14-18)12-13-27(25,26)22-19-10-5-8-16(15-19)6-2-1-3-11-20(23)24/h2,4,6-7,9,14-16,22H,1,3,5,8,10-13H2,(H,23,24). The van der Waals surface area contributed by atoms with E-state index in [1.165, 1.54) is 0 Å². The number of benzene rings is 1. The Bertz CT molecular complexity index is 802. The van der Waals surface area contributed by atoms with Crippen LogP contribution in [-0.4, -0.2) is 25.2 Å². The number of hydrogen-bond donors (Lipinski definition) is 2. The Morgan fingerprint density at radius 1 is 1.37 bits per heavy atom. The lowest BCUT2D eigenvalue weighted by atomic mass is 9.93. The van der Waals surface area contributed by atoms with Gasteiger partial charge < -0.3 is 5.11 Å². The second-order valence-corrected chi connectivity index (χ2v) is 9.52. The molecule has 0 fully saturated rings. The van der Waals surface area contributed by atoms with Crippen molar-refractivity contribution in [2.24, 2.45) is 5.92 Å². The Hall–Kier alpha value is -1.60.